The van der Waals surface area contributed by atoms with Crippen LogP contribution in [-0.4, -0.2) is 36.8 Å². The first kappa shape index (κ1) is 23.5. The average molecular weight is 432 g/mol. The van der Waals surface area contributed by atoms with Crippen LogP contribution in [0.2, 0.25) is 0 Å². The quantitative estimate of drug-likeness (QED) is 0.347. The molecule has 4 heteroatoms. The van der Waals surface area contributed by atoms with E-state index in [0.29, 0.717) is 16.9 Å². The van der Waals surface area contributed by atoms with Crippen LogP contribution in [0.5, 0.6) is 5.75 Å². The molecule has 0 aliphatic rings. The third kappa shape index (κ3) is 5.56. The molecule has 0 heterocycles. The summed E-state index contributed by atoms with van der Waals surface area (Å²) in [6.07, 6.45) is 4.28. The standard InChI is InChI=1S/C28H33NO3/c1-4-6-17-29(18-7-5-2)26(30)19-23-14-13-21-15-16-24(32-3)20-25(21)27(23)28(31)22-11-9-8-10-12-22/h8-16,20H,4-7,17-19H2,1-3H3. The Kier molecular flexibility index (Phi) is 8.43. The smallest absolute Gasteiger partial charge is 0.227 e. The molecule has 0 fully saturated rings. The minimum absolute atomic E-state index is 0.0686. The Balaban J connectivity index is 2.05. The van der Waals surface area contributed by atoms with E-state index in [9.17, 15) is 9.59 Å². The third-order valence-electron chi connectivity index (χ3n) is 5.84. The van der Waals surface area contributed by atoms with Crippen molar-refractivity contribution in [2.75, 3.05) is 20.2 Å². The number of benzene rings is 3. The van der Waals surface area contributed by atoms with Crippen molar-refractivity contribution in [3.63, 3.8) is 0 Å². The zero-order valence-electron chi connectivity index (χ0n) is 19.4. The van der Waals surface area contributed by atoms with Crippen molar-refractivity contribution >= 4 is 22.5 Å². The molecule has 0 unspecified atom stereocenters. The average Bonchev–Trinajstić information content (AvgIpc) is 2.83. The molecule has 0 atom stereocenters. The van der Waals surface area contributed by atoms with E-state index in [1.165, 1.54) is 0 Å². The Labute approximate surface area is 191 Å². The summed E-state index contributed by atoms with van der Waals surface area (Å²) < 4.78 is 5.42. The van der Waals surface area contributed by atoms with Crippen molar-refractivity contribution in [1.29, 1.82) is 0 Å². The first-order valence-corrected chi connectivity index (χ1v) is 11.6. The number of carbonyl (C=O) groups is 2. The Morgan fingerprint density at radius 1 is 0.875 bits per heavy atom. The number of fused-ring (bicyclic) bond motifs is 1. The molecule has 3 rings (SSSR count). The van der Waals surface area contributed by atoms with Crippen molar-refractivity contribution in [3.8, 4) is 5.75 Å². The van der Waals surface area contributed by atoms with Crippen LogP contribution in [0.25, 0.3) is 10.8 Å². The maximum absolute atomic E-state index is 13.6. The fraction of sp³-hybridized carbons (Fsp3) is 0.357. The second-order valence-corrected chi connectivity index (χ2v) is 8.15. The number of unbranched alkanes of at least 4 members (excludes halogenated alkanes) is 2. The molecule has 0 saturated carbocycles. The minimum atomic E-state index is -0.0686. The van der Waals surface area contributed by atoms with E-state index < -0.39 is 0 Å². The maximum Gasteiger partial charge on any atom is 0.227 e. The molecule has 1 amide bonds. The van der Waals surface area contributed by atoms with Crippen molar-refractivity contribution in [2.24, 2.45) is 0 Å². The first-order valence-electron chi connectivity index (χ1n) is 11.6. The van der Waals surface area contributed by atoms with Crippen LogP contribution in [0.4, 0.5) is 0 Å². The second kappa shape index (κ2) is 11.5. The summed E-state index contributed by atoms with van der Waals surface area (Å²) in [5, 5.41) is 1.77. The summed E-state index contributed by atoms with van der Waals surface area (Å²) in [5.41, 5.74) is 1.97. The van der Waals surface area contributed by atoms with Crippen LogP contribution in [-0.2, 0) is 11.2 Å². The molecule has 0 aliphatic carbocycles. The highest BCUT2D eigenvalue weighted by Gasteiger charge is 2.21. The van der Waals surface area contributed by atoms with Crippen LogP contribution in [0.1, 0.15) is 61.0 Å². The lowest BCUT2D eigenvalue weighted by atomic mass is 9.91. The molecule has 0 bridgehead atoms. The minimum Gasteiger partial charge on any atom is -0.497 e. The topological polar surface area (TPSA) is 46.6 Å². The number of ketones is 1. The molecule has 3 aromatic carbocycles. The highest BCUT2D eigenvalue weighted by molar-refractivity contribution is 6.18. The number of amides is 1. The van der Waals surface area contributed by atoms with E-state index in [2.05, 4.69) is 13.8 Å². The molecule has 0 radical (unpaired) electrons. The molecule has 32 heavy (non-hydrogen) atoms. The predicted octanol–water partition coefficient (Wildman–Crippen LogP) is 6.05. The molecule has 168 valence electrons. The van der Waals surface area contributed by atoms with E-state index in [-0.39, 0.29) is 18.1 Å². The summed E-state index contributed by atoms with van der Waals surface area (Å²) in [5.74, 6) is 0.702. The highest BCUT2D eigenvalue weighted by Crippen LogP contribution is 2.29. The summed E-state index contributed by atoms with van der Waals surface area (Å²) in [6, 6.07) is 18.9. The van der Waals surface area contributed by atoms with Gasteiger partial charge in [-0.05, 0) is 41.3 Å². The van der Waals surface area contributed by atoms with Gasteiger partial charge in [-0.1, -0.05) is 75.2 Å². The van der Waals surface area contributed by atoms with Crippen molar-refractivity contribution in [1.82, 2.24) is 4.90 Å². The van der Waals surface area contributed by atoms with Gasteiger partial charge in [0.25, 0.3) is 0 Å². The molecule has 0 N–H and O–H groups in total. The second-order valence-electron chi connectivity index (χ2n) is 8.15. The van der Waals surface area contributed by atoms with Crippen LogP contribution in [0.3, 0.4) is 0 Å². The Bertz CT molecular complexity index is 1050. The maximum atomic E-state index is 13.6. The number of hydrogen-bond acceptors (Lipinski definition) is 3. The van der Waals surface area contributed by atoms with Crippen LogP contribution in [0, 0.1) is 0 Å². The number of rotatable bonds is 11. The molecule has 3 aromatic rings. The van der Waals surface area contributed by atoms with Crippen molar-refractivity contribution in [3.05, 3.63) is 77.4 Å². The predicted molar refractivity (Wildman–Crippen MR) is 130 cm³/mol. The van der Waals surface area contributed by atoms with Gasteiger partial charge in [-0.25, -0.2) is 0 Å². The summed E-state index contributed by atoms with van der Waals surface area (Å²) in [7, 11) is 1.62. The summed E-state index contributed by atoms with van der Waals surface area (Å²) >= 11 is 0. The zero-order chi connectivity index (χ0) is 22.9. The van der Waals surface area contributed by atoms with Gasteiger partial charge in [-0.2, -0.15) is 0 Å². The van der Waals surface area contributed by atoms with Gasteiger partial charge in [-0.15, -0.1) is 0 Å². The molecular formula is C28H33NO3. The number of nitrogens with zero attached hydrogens (tertiary/aromatic N) is 1. The summed E-state index contributed by atoms with van der Waals surface area (Å²) in [6.45, 7) is 5.79. The lowest BCUT2D eigenvalue weighted by molar-refractivity contribution is -0.130. The first-order chi connectivity index (χ1) is 15.6. The summed E-state index contributed by atoms with van der Waals surface area (Å²) in [4.78, 5) is 28.9. The Hall–Kier alpha value is -3.14. The van der Waals surface area contributed by atoms with E-state index in [1.54, 1.807) is 7.11 Å². The van der Waals surface area contributed by atoms with Crippen LogP contribution < -0.4 is 4.74 Å². The van der Waals surface area contributed by atoms with E-state index in [0.717, 1.165) is 55.1 Å². The lowest BCUT2D eigenvalue weighted by Crippen LogP contribution is -2.34. The lowest BCUT2D eigenvalue weighted by Gasteiger charge is -2.23. The molecule has 0 saturated heterocycles. The van der Waals surface area contributed by atoms with Gasteiger partial charge in [0.2, 0.25) is 5.91 Å². The van der Waals surface area contributed by atoms with E-state index in [4.69, 9.17) is 4.74 Å². The zero-order valence-corrected chi connectivity index (χ0v) is 19.4. The monoisotopic (exact) mass is 431 g/mol. The Morgan fingerprint density at radius 3 is 2.16 bits per heavy atom. The molecule has 0 aliphatic heterocycles. The van der Waals surface area contributed by atoms with Crippen LogP contribution >= 0.6 is 0 Å². The molecule has 0 aromatic heterocycles. The number of hydrogen-bond donors (Lipinski definition) is 0. The molecular weight excluding hydrogens is 398 g/mol. The largest absolute Gasteiger partial charge is 0.497 e. The van der Waals surface area contributed by atoms with Crippen LogP contribution in [0.15, 0.2) is 60.7 Å². The molecule has 0 spiro atoms. The van der Waals surface area contributed by atoms with Gasteiger partial charge < -0.3 is 9.64 Å². The fourth-order valence-electron chi connectivity index (χ4n) is 3.95. The Morgan fingerprint density at radius 2 is 1.53 bits per heavy atom. The van der Waals surface area contributed by atoms with Gasteiger partial charge in [0.1, 0.15) is 5.75 Å². The van der Waals surface area contributed by atoms with Crippen molar-refractivity contribution < 1.29 is 14.3 Å². The van der Waals surface area contributed by atoms with Gasteiger partial charge in [0, 0.05) is 24.2 Å². The fourth-order valence-corrected chi connectivity index (χ4v) is 3.95. The van der Waals surface area contributed by atoms with Gasteiger partial charge in [0.15, 0.2) is 5.78 Å². The third-order valence-corrected chi connectivity index (χ3v) is 5.84. The van der Waals surface area contributed by atoms with E-state index in [1.807, 2.05) is 65.6 Å². The highest BCUT2D eigenvalue weighted by atomic mass is 16.5. The van der Waals surface area contributed by atoms with Gasteiger partial charge in [0.05, 0.1) is 13.5 Å². The van der Waals surface area contributed by atoms with Gasteiger partial charge >= 0.3 is 0 Å². The van der Waals surface area contributed by atoms with E-state index >= 15 is 0 Å². The number of methoxy groups -OCH3 is 1. The normalized spacial score (nSPS) is 10.8. The van der Waals surface area contributed by atoms with Gasteiger partial charge in [-0.3, -0.25) is 9.59 Å². The SMILES string of the molecule is CCCCN(CCCC)C(=O)Cc1ccc2ccc(OC)cc2c1C(=O)c1ccccc1. The van der Waals surface area contributed by atoms with Crippen molar-refractivity contribution in [2.45, 2.75) is 46.0 Å². The number of carbonyl (C=O) groups excluding carboxylic acids is 2. The number of ether oxygens (including phenoxy) is 1. The molecule has 4 nitrogen and oxygen atoms in total.